The van der Waals surface area contributed by atoms with Crippen LogP contribution in [0, 0.1) is 5.92 Å². The number of aryl methyl sites for hydroxylation is 1. The molecule has 1 aromatic rings. The lowest BCUT2D eigenvalue weighted by atomic mass is 9.99. The van der Waals surface area contributed by atoms with Crippen molar-refractivity contribution in [1.82, 2.24) is 9.55 Å². The number of aromatic nitrogens is 2. The highest BCUT2D eigenvalue weighted by Crippen LogP contribution is 2.22. The Hall–Kier alpha value is -0.350. The number of nitrogens with zero attached hydrogens (tertiary/aromatic N) is 2. The number of rotatable bonds is 1. The van der Waals surface area contributed by atoms with Crippen LogP contribution in [0.1, 0.15) is 12.1 Å². The standard InChI is InChI=1S/C8H12BrN3/c9-8-11-4-7-2-1-6(3-10)5-12(7)8/h4,6H,1-3,5,10H2. The second kappa shape index (κ2) is 3.18. The van der Waals surface area contributed by atoms with Gasteiger partial charge in [-0.2, -0.15) is 0 Å². The molecule has 0 fully saturated rings. The Bertz CT molecular complexity index is 282. The summed E-state index contributed by atoms with van der Waals surface area (Å²) in [4.78, 5) is 4.21. The van der Waals surface area contributed by atoms with Crippen LogP contribution in [0.25, 0.3) is 0 Å². The van der Waals surface area contributed by atoms with Crippen LogP contribution in [0.15, 0.2) is 10.9 Å². The van der Waals surface area contributed by atoms with Gasteiger partial charge in [-0.3, -0.25) is 0 Å². The van der Waals surface area contributed by atoms with Crippen molar-refractivity contribution >= 4 is 15.9 Å². The minimum absolute atomic E-state index is 0.628. The first-order valence-corrected chi connectivity index (χ1v) is 5.00. The van der Waals surface area contributed by atoms with Crippen molar-refractivity contribution in [2.45, 2.75) is 19.4 Å². The maximum atomic E-state index is 5.63. The highest BCUT2D eigenvalue weighted by molar-refractivity contribution is 9.10. The number of hydrogen-bond donors (Lipinski definition) is 1. The molecule has 0 saturated carbocycles. The van der Waals surface area contributed by atoms with E-state index in [0.717, 1.165) is 24.2 Å². The summed E-state index contributed by atoms with van der Waals surface area (Å²) in [7, 11) is 0. The number of halogens is 1. The van der Waals surface area contributed by atoms with Crippen molar-refractivity contribution in [2.75, 3.05) is 6.54 Å². The predicted octanol–water partition coefficient (Wildman–Crippen LogP) is 1.17. The van der Waals surface area contributed by atoms with Crippen LogP contribution < -0.4 is 5.73 Å². The van der Waals surface area contributed by atoms with Crippen molar-refractivity contribution in [3.8, 4) is 0 Å². The lowest BCUT2D eigenvalue weighted by Gasteiger charge is -2.23. The van der Waals surface area contributed by atoms with Crippen LogP contribution in [0.3, 0.4) is 0 Å². The summed E-state index contributed by atoms with van der Waals surface area (Å²) in [6.07, 6.45) is 4.26. The van der Waals surface area contributed by atoms with Gasteiger partial charge in [-0.25, -0.2) is 4.98 Å². The highest BCUT2D eigenvalue weighted by Gasteiger charge is 2.18. The molecule has 2 heterocycles. The third kappa shape index (κ3) is 1.29. The van der Waals surface area contributed by atoms with Crippen LogP contribution in [0.4, 0.5) is 0 Å². The van der Waals surface area contributed by atoms with Crippen molar-refractivity contribution < 1.29 is 0 Å². The first-order valence-electron chi connectivity index (χ1n) is 4.21. The molecule has 12 heavy (non-hydrogen) atoms. The number of fused-ring (bicyclic) bond motifs is 1. The largest absolute Gasteiger partial charge is 0.330 e. The second-order valence-electron chi connectivity index (χ2n) is 3.27. The monoisotopic (exact) mass is 229 g/mol. The van der Waals surface area contributed by atoms with Crippen molar-refractivity contribution in [3.63, 3.8) is 0 Å². The van der Waals surface area contributed by atoms with Gasteiger partial charge in [0.25, 0.3) is 0 Å². The van der Waals surface area contributed by atoms with E-state index >= 15 is 0 Å². The van der Waals surface area contributed by atoms with E-state index in [9.17, 15) is 0 Å². The Morgan fingerprint density at radius 1 is 1.75 bits per heavy atom. The fourth-order valence-electron chi connectivity index (χ4n) is 1.67. The van der Waals surface area contributed by atoms with E-state index in [1.807, 2.05) is 6.20 Å². The highest BCUT2D eigenvalue weighted by atomic mass is 79.9. The first-order chi connectivity index (χ1) is 5.81. The van der Waals surface area contributed by atoms with Crippen molar-refractivity contribution in [1.29, 1.82) is 0 Å². The first kappa shape index (κ1) is 8.26. The lowest BCUT2D eigenvalue weighted by molar-refractivity contribution is 0.374. The van der Waals surface area contributed by atoms with Gasteiger partial charge in [0.2, 0.25) is 0 Å². The van der Waals surface area contributed by atoms with Gasteiger partial charge in [0.1, 0.15) is 0 Å². The average molecular weight is 230 g/mol. The third-order valence-electron chi connectivity index (χ3n) is 2.47. The molecule has 1 atom stereocenters. The molecule has 0 saturated heterocycles. The SMILES string of the molecule is NCC1CCc2cnc(Br)n2C1. The van der Waals surface area contributed by atoms with E-state index in [1.54, 1.807) is 0 Å². The van der Waals surface area contributed by atoms with Crippen molar-refractivity contribution in [2.24, 2.45) is 11.7 Å². The molecule has 66 valence electrons. The van der Waals surface area contributed by atoms with Crippen molar-refractivity contribution in [3.05, 3.63) is 16.6 Å². The topological polar surface area (TPSA) is 43.8 Å². The molecule has 3 nitrogen and oxygen atoms in total. The number of imidazole rings is 1. The zero-order chi connectivity index (χ0) is 8.55. The molecular weight excluding hydrogens is 218 g/mol. The zero-order valence-electron chi connectivity index (χ0n) is 6.83. The molecule has 1 aliphatic rings. The Kier molecular flexibility index (Phi) is 2.19. The minimum Gasteiger partial charge on any atom is -0.330 e. The molecule has 0 aliphatic carbocycles. The molecule has 1 aromatic heterocycles. The summed E-state index contributed by atoms with van der Waals surface area (Å²) >= 11 is 3.42. The number of nitrogens with two attached hydrogens (primary N) is 1. The van der Waals surface area contributed by atoms with Gasteiger partial charge in [0, 0.05) is 18.4 Å². The van der Waals surface area contributed by atoms with Crippen LogP contribution in [0.2, 0.25) is 0 Å². The fraction of sp³-hybridized carbons (Fsp3) is 0.625. The molecule has 2 N–H and O–H groups in total. The predicted molar refractivity (Wildman–Crippen MR) is 50.8 cm³/mol. The van der Waals surface area contributed by atoms with Gasteiger partial charge in [-0.15, -0.1) is 0 Å². The van der Waals surface area contributed by atoms with E-state index in [4.69, 9.17) is 5.73 Å². The summed E-state index contributed by atoms with van der Waals surface area (Å²) in [5, 5.41) is 0. The smallest absolute Gasteiger partial charge is 0.177 e. The minimum atomic E-state index is 0.628. The number of hydrogen-bond acceptors (Lipinski definition) is 2. The Balaban J connectivity index is 2.26. The molecular formula is C8H12BrN3. The van der Waals surface area contributed by atoms with Gasteiger partial charge in [-0.05, 0) is 41.2 Å². The van der Waals surface area contributed by atoms with E-state index in [2.05, 4.69) is 25.5 Å². The summed E-state index contributed by atoms with van der Waals surface area (Å²) < 4.78 is 3.15. The van der Waals surface area contributed by atoms with Crippen LogP contribution in [-0.2, 0) is 13.0 Å². The van der Waals surface area contributed by atoms with Gasteiger partial charge in [-0.1, -0.05) is 0 Å². The van der Waals surface area contributed by atoms with E-state index in [0.29, 0.717) is 5.92 Å². The molecule has 4 heteroatoms. The quantitative estimate of drug-likeness (QED) is 0.786. The van der Waals surface area contributed by atoms with Gasteiger partial charge in [0.15, 0.2) is 4.73 Å². The second-order valence-corrected chi connectivity index (χ2v) is 3.98. The molecule has 0 radical (unpaired) electrons. The maximum Gasteiger partial charge on any atom is 0.177 e. The van der Waals surface area contributed by atoms with Gasteiger partial charge in [0.05, 0.1) is 0 Å². The zero-order valence-corrected chi connectivity index (χ0v) is 8.42. The van der Waals surface area contributed by atoms with E-state index in [1.165, 1.54) is 12.1 Å². The summed E-state index contributed by atoms with van der Waals surface area (Å²) in [6, 6.07) is 0. The summed E-state index contributed by atoms with van der Waals surface area (Å²) in [6.45, 7) is 1.80. The fourth-order valence-corrected chi connectivity index (χ4v) is 2.15. The molecule has 2 rings (SSSR count). The molecule has 1 unspecified atom stereocenters. The Morgan fingerprint density at radius 3 is 3.33 bits per heavy atom. The average Bonchev–Trinajstić information content (AvgIpc) is 2.47. The molecule has 0 amide bonds. The molecule has 0 aromatic carbocycles. The molecule has 1 aliphatic heterocycles. The normalized spacial score (nSPS) is 22.3. The Morgan fingerprint density at radius 2 is 2.58 bits per heavy atom. The van der Waals surface area contributed by atoms with E-state index in [-0.39, 0.29) is 0 Å². The maximum absolute atomic E-state index is 5.63. The Labute approximate surface area is 80.1 Å². The van der Waals surface area contributed by atoms with Gasteiger partial charge >= 0.3 is 0 Å². The van der Waals surface area contributed by atoms with Crippen LogP contribution >= 0.6 is 15.9 Å². The summed E-state index contributed by atoms with van der Waals surface area (Å²) in [5.74, 6) is 0.628. The van der Waals surface area contributed by atoms with Gasteiger partial charge < -0.3 is 10.3 Å². The van der Waals surface area contributed by atoms with Crippen LogP contribution in [0.5, 0.6) is 0 Å². The van der Waals surface area contributed by atoms with Crippen LogP contribution in [-0.4, -0.2) is 16.1 Å². The van der Waals surface area contributed by atoms with E-state index < -0.39 is 0 Å². The molecule has 0 bridgehead atoms. The molecule has 0 spiro atoms. The summed E-state index contributed by atoms with van der Waals surface area (Å²) in [5.41, 5.74) is 6.96. The third-order valence-corrected chi connectivity index (χ3v) is 3.11. The lowest BCUT2D eigenvalue weighted by Crippen LogP contribution is -2.26.